The number of aromatic nitrogens is 2. The van der Waals surface area contributed by atoms with Gasteiger partial charge in [-0.3, -0.25) is 9.78 Å². The first-order valence-electron chi connectivity index (χ1n) is 6.47. The van der Waals surface area contributed by atoms with Crippen LogP contribution in [0.1, 0.15) is 22.2 Å². The second-order valence-electron chi connectivity index (χ2n) is 4.34. The lowest BCUT2D eigenvalue weighted by atomic mass is 10.1. The fraction of sp³-hybridized carbons (Fsp3) is 0.133. The number of hydrogen-bond donors (Lipinski definition) is 1. The van der Waals surface area contributed by atoms with Gasteiger partial charge >= 0.3 is 0 Å². The van der Waals surface area contributed by atoms with Crippen LogP contribution in [0.3, 0.4) is 0 Å². The van der Waals surface area contributed by atoms with Crippen molar-refractivity contribution < 1.29 is 9.53 Å². The minimum absolute atomic E-state index is 0.147. The number of ketones is 1. The molecule has 3 rings (SSSR count). The summed E-state index contributed by atoms with van der Waals surface area (Å²) in [5, 5.41) is 0.705. The predicted octanol–water partition coefficient (Wildman–Crippen LogP) is 2.90. The van der Waals surface area contributed by atoms with E-state index in [0.29, 0.717) is 38.7 Å². The first kappa shape index (κ1) is 13.5. The van der Waals surface area contributed by atoms with Crippen LogP contribution in [-0.2, 0) is 0 Å². The molecule has 0 aliphatic rings. The van der Waals surface area contributed by atoms with Crippen LogP contribution in [0.5, 0.6) is 5.75 Å². The zero-order chi connectivity index (χ0) is 14.8. The molecule has 0 fully saturated rings. The number of pyridine rings is 2. The number of fused-ring (bicyclic) bond motifs is 1. The maximum atomic E-state index is 12.5. The fourth-order valence-corrected chi connectivity index (χ4v) is 3.13. The van der Waals surface area contributed by atoms with Crippen molar-refractivity contribution in [2.24, 2.45) is 0 Å². The number of ether oxygens (including phenoxy) is 1. The third kappa shape index (κ3) is 2.34. The monoisotopic (exact) mass is 299 g/mol. The molecule has 6 heteroatoms. The van der Waals surface area contributed by atoms with E-state index in [1.54, 1.807) is 30.6 Å². The quantitative estimate of drug-likeness (QED) is 0.749. The minimum atomic E-state index is -0.147. The highest BCUT2D eigenvalue weighted by Crippen LogP contribution is 2.39. The molecule has 2 N–H and O–H groups in total. The summed E-state index contributed by atoms with van der Waals surface area (Å²) in [6.45, 7) is 2.43. The third-order valence-electron chi connectivity index (χ3n) is 3.02. The number of hydrogen-bond acceptors (Lipinski definition) is 6. The smallest absolute Gasteiger partial charge is 0.206 e. The topological polar surface area (TPSA) is 78.1 Å². The second kappa shape index (κ2) is 5.49. The maximum absolute atomic E-state index is 12.5. The van der Waals surface area contributed by atoms with E-state index in [0.717, 1.165) is 0 Å². The number of anilines is 1. The Morgan fingerprint density at radius 2 is 2.24 bits per heavy atom. The van der Waals surface area contributed by atoms with Gasteiger partial charge in [0.2, 0.25) is 5.78 Å². The number of carbonyl (C=O) groups excluding carboxylic acids is 1. The zero-order valence-electron chi connectivity index (χ0n) is 11.4. The standard InChI is InChI=1S/C15H13N3O2S/c1-2-20-10-5-7-18-15-11(10)12(16)14(21-15)13(19)9-4-3-6-17-8-9/h3-8H,2,16H2,1H3. The highest BCUT2D eigenvalue weighted by molar-refractivity contribution is 7.21. The van der Waals surface area contributed by atoms with Crippen LogP contribution < -0.4 is 10.5 Å². The number of carbonyl (C=O) groups is 1. The molecule has 0 atom stereocenters. The normalized spacial score (nSPS) is 10.7. The SMILES string of the molecule is CCOc1ccnc2sc(C(=O)c3cccnc3)c(N)c12. The fourth-order valence-electron chi connectivity index (χ4n) is 2.09. The highest BCUT2D eigenvalue weighted by Gasteiger charge is 2.21. The van der Waals surface area contributed by atoms with E-state index in [1.165, 1.54) is 17.5 Å². The van der Waals surface area contributed by atoms with Gasteiger partial charge in [0.1, 0.15) is 15.5 Å². The van der Waals surface area contributed by atoms with E-state index in [4.69, 9.17) is 10.5 Å². The van der Waals surface area contributed by atoms with E-state index < -0.39 is 0 Å². The molecule has 0 radical (unpaired) electrons. The van der Waals surface area contributed by atoms with Crippen molar-refractivity contribution in [3.63, 3.8) is 0 Å². The summed E-state index contributed by atoms with van der Waals surface area (Å²) in [5.41, 5.74) is 7.08. The van der Waals surface area contributed by atoms with Crippen molar-refractivity contribution in [1.29, 1.82) is 0 Å². The predicted molar refractivity (Wildman–Crippen MR) is 82.9 cm³/mol. The molecule has 5 nitrogen and oxygen atoms in total. The Bertz CT molecular complexity index is 799. The first-order chi connectivity index (χ1) is 10.2. The number of nitrogen functional groups attached to an aromatic ring is 1. The van der Waals surface area contributed by atoms with Gasteiger partial charge in [0.15, 0.2) is 0 Å². The maximum Gasteiger partial charge on any atom is 0.206 e. The van der Waals surface area contributed by atoms with E-state index in [-0.39, 0.29) is 5.78 Å². The van der Waals surface area contributed by atoms with Crippen molar-refractivity contribution in [1.82, 2.24) is 9.97 Å². The average molecular weight is 299 g/mol. The van der Waals surface area contributed by atoms with E-state index >= 15 is 0 Å². The Hall–Kier alpha value is -2.47. The van der Waals surface area contributed by atoms with Crippen molar-refractivity contribution >= 4 is 33.0 Å². The molecule has 21 heavy (non-hydrogen) atoms. The Kier molecular flexibility index (Phi) is 3.53. The van der Waals surface area contributed by atoms with Gasteiger partial charge in [-0.05, 0) is 25.1 Å². The first-order valence-corrected chi connectivity index (χ1v) is 7.28. The van der Waals surface area contributed by atoms with Gasteiger partial charge < -0.3 is 10.5 Å². The molecule has 3 heterocycles. The number of nitrogens with zero attached hydrogens (tertiary/aromatic N) is 2. The van der Waals surface area contributed by atoms with Gasteiger partial charge in [0, 0.05) is 24.2 Å². The molecule has 0 amide bonds. The van der Waals surface area contributed by atoms with Crippen molar-refractivity contribution in [3.8, 4) is 5.75 Å². The van der Waals surface area contributed by atoms with E-state index in [2.05, 4.69) is 9.97 Å². The molecule has 106 valence electrons. The van der Waals surface area contributed by atoms with Gasteiger partial charge in [0.25, 0.3) is 0 Å². The molecule has 0 saturated heterocycles. The minimum Gasteiger partial charge on any atom is -0.493 e. The van der Waals surface area contributed by atoms with E-state index in [1.807, 2.05) is 6.92 Å². The number of rotatable bonds is 4. The van der Waals surface area contributed by atoms with Crippen LogP contribution in [0.2, 0.25) is 0 Å². The molecule has 0 bridgehead atoms. The van der Waals surface area contributed by atoms with Crippen LogP contribution in [0.15, 0.2) is 36.8 Å². The van der Waals surface area contributed by atoms with Crippen LogP contribution in [-0.4, -0.2) is 22.4 Å². The average Bonchev–Trinajstić information content (AvgIpc) is 2.86. The summed E-state index contributed by atoms with van der Waals surface area (Å²) in [4.78, 5) is 21.9. The van der Waals surface area contributed by atoms with Crippen LogP contribution in [0.4, 0.5) is 5.69 Å². The Morgan fingerprint density at radius 3 is 2.95 bits per heavy atom. The highest BCUT2D eigenvalue weighted by atomic mass is 32.1. The van der Waals surface area contributed by atoms with Crippen molar-refractivity contribution in [2.45, 2.75) is 6.92 Å². The van der Waals surface area contributed by atoms with Gasteiger partial charge in [-0.1, -0.05) is 0 Å². The Morgan fingerprint density at radius 1 is 1.38 bits per heavy atom. The molecule has 0 saturated carbocycles. The van der Waals surface area contributed by atoms with Gasteiger partial charge in [-0.25, -0.2) is 4.98 Å². The van der Waals surface area contributed by atoms with Gasteiger partial charge in [-0.15, -0.1) is 11.3 Å². The van der Waals surface area contributed by atoms with Crippen molar-refractivity contribution in [2.75, 3.05) is 12.3 Å². The molecule has 0 aromatic carbocycles. The largest absolute Gasteiger partial charge is 0.493 e. The molecule has 0 unspecified atom stereocenters. The lowest BCUT2D eigenvalue weighted by molar-refractivity contribution is 0.104. The summed E-state index contributed by atoms with van der Waals surface area (Å²) in [5.74, 6) is 0.507. The zero-order valence-corrected chi connectivity index (χ0v) is 12.2. The summed E-state index contributed by atoms with van der Waals surface area (Å²) < 4.78 is 5.56. The molecule has 0 aliphatic carbocycles. The lowest BCUT2D eigenvalue weighted by Crippen LogP contribution is -2.02. The lowest BCUT2D eigenvalue weighted by Gasteiger charge is -2.04. The van der Waals surface area contributed by atoms with Crippen LogP contribution in [0, 0.1) is 0 Å². The molecule has 0 aliphatic heterocycles. The molecular formula is C15H13N3O2S. The van der Waals surface area contributed by atoms with Gasteiger partial charge in [-0.2, -0.15) is 0 Å². The molecule has 0 spiro atoms. The summed E-state index contributed by atoms with van der Waals surface area (Å²) in [6.07, 6.45) is 4.81. The number of thiophene rings is 1. The molecule has 3 aromatic heterocycles. The second-order valence-corrected chi connectivity index (χ2v) is 5.34. The molecular weight excluding hydrogens is 286 g/mol. The molecule has 3 aromatic rings. The summed E-state index contributed by atoms with van der Waals surface area (Å²) in [6, 6.07) is 5.20. The third-order valence-corrected chi connectivity index (χ3v) is 4.13. The number of nitrogens with two attached hydrogens (primary N) is 1. The Balaban J connectivity index is 2.14. The van der Waals surface area contributed by atoms with Crippen LogP contribution >= 0.6 is 11.3 Å². The van der Waals surface area contributed by atoms with Crippen LogP contribution in [0.25, 0.3) is 10.2 Å². The van der Waals surface area contributed by atoms with E-state index in [9.17, 15) is 4.79 Å². The Labute approximate surface area is 125 Å². The van der Waals surface area contributed by atoms with Crippen molar-refractivity contribution in [3.05, 3.63) is 47.2 Å². The summed E-state index contributed by atoms with van der Waals surface area (Å²) >= 11 is 1.27. The summed E-state index contributed by atoms with van der Waals surface area (Å²) in [7, 11) is 0. The van der Waals surface area contributed by atoms with Gasteiger partial charge in [0.05, 0.1) is 17.7 Å².